The van der Waals surface area contributed by atoms with Gasteiger partial charge < -0.3 is 19.2 Å². The summed E-state index contributed by atoms with van der Waals surface area (Å²) in [7, 11) is -5.39. The summed E-state index contributed by atoms with van der Waals surface area (Å²) in [6.45, 7) is 0. The molecule has 0 atom stereocenters. The maximum Gasteiger partial charge on any atom is 2.00 e. The summed E-state index contributed by atoms with van der Waals surface area (Å²) in [6, 6.07) is 0. The molecule has 0 heterocycles. The Morgan fingerprint density at radius 3 is 1.14 bits per heavy atom. The zero-order valence-corrected chi connectivity index (χ0v) is 10.1. The van der Waals surface area contributed by atoms with E-state index in [1.165, 1.54) is 0 Å². The molecule has 0 unspecified atom stereocenters. The summed E-state index contributed by atoms with van der Waals surface area (Å²) in [4.78, 5) is 25.6. The van der Waals surface area contributed by atoms with Gasteiger partial charge in [-0.15, -0.1) is 0 Å². The fraction of sp³-hybridized carbons (Fsp3) is 0. The molecular weight excluding hydrogens is 274 g/mol. The Balaban J connectivity index is -0.0000000800. The molecule has 7 heteroatoms. The quantitative estimate of drug-likeness (QED) is 0.343. The average molecular weight is 274 g/mol. The third-order valence-electron chi connectivity index (χ3n) is 0. The van der Waals surface area contributed by atoms with Crippen molar-refractivity contribution in [3.63, 3.8) is 0 Å². The molecular formula is O4PSrZr+. The van der Waals surface area contributed by atoms with Crippen LogP contribution in [0.2, 0.25) is 0 Å². The van der Waals surface area contributed by atoms with E-state index < -0.39 is 7.82 Å². The largest absolute Gasteiger partial charge is 2.00 e. The standard InChI is InChI=1S/H3O4P.Sr.Zr/c1-5(2,3)4;;/h(H3,1,2,3,4);;/q;2*+2/p-3. The van der Waals surface area contributed by atoms with Crippen LogP contribution < -0.4 is 14.7 Å². The molecule has 0 aromatic rings. The first-order chi connectivity index (χ1) is 2.00. The van der Waals surface area contributed by atoms with E-state index in [-0.39, 0.29) is 71.7 Å². The predicted molar refractivity (Wildman–Crippen MR) is 13.4 cm³/mol. The van der Waals surface area contributed by atoms with Crippen LogP contribution in [0.25, 0.3) is 0 Å². The van der Waals surface area contributed by atoms with Crippen molar-refractivity contribution in [2.75, 3.05) is 0 Å². The number of rotatable bonds is 0. The zero-order chi connectivity index (χ0) is 4.50. The monoisotopic (exact) mass is 273 g/mol. The summed E-state index contributed by atoms with van der Waals surface area (Å²) in [6.07, 6.45) is 0. The van der Waals surface area contributed by atoms with Crippen LogP contribution in [0.3, 0.4) is 0 Å². The first-order valence-corrected chi connectivity index (χ1v) is 2.19. The third-order valence-corrected chi connectivity index (χ3v) is 0. The molecule has 0 aliphatic rings. The van der Waals surface area contributed by atoms with E-state index in [1.807, 2.05) is 0 Å². The summed E-state index contributed by atoms with van der Waals surface area (Å²) < 4.78 is 8.55. The smallest absolute Gasteiger partial charge is 0.822 e. The molecule has 0 fully saturated rings. The van der Waals surface area contributed by atoms with Gasteiger partial charge in [-0.05, 0) is 0 Å². The normalized spacial score (nSPS) is 8.43. The van der Waals surface area contributed by atoms with E-state index >= 15 is 0 Å². The van der Waals surface area contributed by atoms with Crippen LogP contribution in [-0.2, 0) is 30.8 Å². The minimum Gasteiger partial charge on any atom is -0.822 e. The molecule has 0 aliphatic carbocycles. The zero-order valence-electron chi connectivity index (χ0n) is 3.29. The van der Waals surface area contributed by atoms with Crippen molar-refractivity contribution < 1.29 is 45.4 Å². The molecule has 0 amide bonds. The van der Waals surface area contributed by atoms with E-state index in [0.29, 0.717) is 0 Å². The topological polar surface area (TPSA) is 86.2 Å². The van der Waals surface area contributed by atoms with Crippen LogP contribution in [0.5, 0.6) is 0 Å². The molecule has 7 heavy (non-hydrogen) atoms. The van der Waals surface area contributed by atoms with Gasteiger partial charge in [0, 0.05) is 0 Å². The van der Waals surface area contributed by atoms with E-state index in [0.717, 1.165) is 0 Å². The Morgan fingerprint density at radius 1 is 1.14 bits per heavy atom. The van der Waals surface area contributed by atoms with Crippen LogP contribution in [0.15, 0.2) is 0 Å². The summed E-state index contributed by atoms with van der Waals surface area (Å²) in [5, 5.41) is 0. The first-order valence-electron chi connectivity index (χ1n) is 0.730. The second-order valence-electron chi connectivity index (χ2n) is 0.447. The van der Waals surface area contributed by atoms with Gasteiger partial charge in [-0.25, -0.2) is 0 Å². The molecule has 0 radical (unpaired) electrons. The Kier molecular flexibility index (Phi) is 15.3. The molecule has 34 valence electrons. The average Bonchev–Trinajstić information content (AvgIpc) is 0.722. The molecule has 0 aliphatic heterocycles. The molecule has 0 aromatic carbocycles. The summed E-state index contributed by atoms with van der Waals surface area (Å²) in [5.74, 6) is 0. The molecule has 0 saturated heterocycles. The fourth-order valence-corrected chi connectivity index (χ4v) is 0. The van der Waals surface area contributed by atoms with Crippen molar-refractivity contribution in [2.24, 2.45) is 0 Å². The van der Waals surface area contributed by atoms with Crippen molar-refractivity contribution in [1.29, 1.82) is 0 Å². The molecule has 0 spiro atoms. The second-order valence-corrected chi connectivity index (χ2v) is 1.34. The Hall–Kier alpha value is 2.47. The van der Waals surface area contributed by atoms with E-state index in [2.05, 4.69) is 0 Å². The van der Waals surface area contributed by atoms with Gasteiger partial charge in [-0.1, -0.05) is 0 Å². The Morgan fingerprint density at radius 2 is 1.14 bits per heavy atom. The van der Waals surface area contributed by atoms with Crippen LogP contribution in [0.4, 0.5) is 0 Å². The minimum atomic E-state index is -5.39. The first kappa shape index (κ1) is 16.2. The molecule has 0 aromatic heterocycles. The van der Waals surface area contributed by atoms with Crippen molar-refractivity contribution in [2.45, 2.75) is 0 Å². The maximum atomic E-state index is 8.55. The van der Waals surface area contributed by atoms with Crippen LogP contribution in [0, 0.1) is 0 Å². The van der Waals surface area contributed by atoms with Crippen LogP contribution in [-0.4, -0.2) is 45.5 Å². The molecule has 0 bridgehead atoms. The van der Waals surface area contributed by atoms with E-state index in [4.69, 9.17) is 19.2 Å². The maximum absolute atomic E-state index is 8.55. The van der Waals surface area contributed by atoms with Crippen molar-refractivity contribution in [3.8, 4) is 0 Å². The number of hydrogen-bond donors (Lipinski definition) is 0. The van der Waals surface area contributed by atoms with E-state index in [1.54, 1.807) is 0 Å². The van der Waals surface area contributed by atoms with Gasteiger partial charge >= 0.3 is 71.7 Å². The minimum absolute atomic E-state index is 0. The SMILES string of the molecule is O=P([O-])([O-])[O-].[Sr+2].[Zr+2]. The second kappa shape index (κ2) is 6.59. The predicted octanol–water partition coefficient (Wildman–Crippen LogP) is -3.21. The van der Waals surface area contributed by atoms with Gasteiger partial charge in [0.1, 0.15) is 0 Å². The molecule has 4 nitrogen and oxygen atoms in total. The molecule has 0 rings (SSSR count). The van der Waals surface area contributed by atoms with Gasteiger partial charge in [0.15, 0.2) is 0 Å². The van der Waals surface area contributed by atoms with Gasteiger partial charge in [-0.2, -0.15) is 7.82 Å². The van der Waals surface area contributed by atoms with Gasteiger partial charge in [0.25, 0.3) is 0 Å². The van der Waals surface area contributed by atoms with Crippen LogP contribution >= 0.6 is 7.82 Å². The third kappa shape index (κ3) is 58.0. The van der Waals surface area contributed by atoms with Crippen molar-refractivity contribution >= 4 is 53.3 Å². The summed E-state index contributed by atoms with van der Waals surface area (Å²) in [5.41, 5.74) is 0. The Bertz CT molecular complexity index is 57.8. The van der Waals surface area contributed by atoms with Crippen molar-refractivity contribution in [3.05, 3.63) is 0 Å². The molecule has 0 N–H and O–H groups in total. The summed E-state index contributed by atoms with van der Waals surface area (Å²) >= 11 is 0. The van der Waals surface area contributed by atoms with E-state index in [9.17, 15) is 0 Å². The Labute approximate surface area is 96.9 Å². The van der Waals surface area contributed by atoms with Gasteiger partial charge in [0.05, 0.1) is 0 Å². The number of hydrogen-bond acceptors (Lipinski definition) is 4. The molecule has 0 saturated carbocycles. The number of phosphoric acid groups is 1. The van der Waals surface area contributed by atoms with Gasteiger partial charge in [-0.3, -0.25) is 0 Å². The van der Waals surface area contributed by atoms with Crippen molar-refractivity contribution in [1.82, 2.24) is 0 Å². The van der Waals surface area contributed by atoms with Gasteiger partial charge in [0.2, 0.25) is 0 Å². The van der Waals surface area contributed by atoms with Crippen LogP contribution in [0.1, 0.15) is 0 Å². The fourth-order valence-electron chi connectivity index (χ4n) is 0.